The lowest BCUT2D eigenvalue weighted by molar-refractivity contribution is 0.793. The van der Waals surface area contributed by atoms with Crippen LogP contribution in [0.15, 0.2) is 239 Å². The molecule has 0 amide bonds. The second-order valence-corrected chi connectivity index (χ2v) is 16.6. The lowest BCUT2D eigenvalue weighted by Crippen LogP contribution is -2.19. The highest BCUT2D eigenvalue weighted by Crippen LogP contribution is 2.52. The first kappa shape index (κ1) is 41.7. The third-order valence-corrected chi connectivity index (χ3v) is 12.4. The maximum absolute atomic E-state index is 5.08. The Kier molecular flexibility index (Phi) is 12.5. The Hall–Kier alpha value is -7.59. The predicted molar refractivity (Wildman–Crippen MR) is 272 cm³/mol. The molecule has 1 aromatic heterocycles. The third-order valence-electron chi connectivity index (χ3n) is 12.4. The number of anilines is 1. The van der Waals surface area contributed by atoms with Crippen molar-refractivity contribution < 1.29 is 0 Å². The molecule has 5 heteroatoms. The average molecular weight is 832 g/mol. The first-order chi connectivity index (χ1) is 31.5. The molecule has 0 N–H and O–H groups in total. The summed E-state index contributed by atoms with van der Waals surface area (Å²) in [6, 6.07) is 36.3. The van der Waals surface area contributed by atoms with Crippen LogP contribution in [0.3, 0.4) is 0 Å². The van der Waals surface area contributed by atoms with Crippen molar-refractivity contribution in [1.82, 2.24) is 4.57 Å². The van der Waals surface area contributed by atoms with Crippen molar-refractivity contribution in [3.63, 3.8) is 0 Å². The zero-order valence-electron chi connectivity index (χ0n) is 36.5. The molecule has 4 aliphatic rings. The van der Waals surface area contributed by atoms with Crippen LogP contribution >= 0.6 is 0 Å². The van der Waals surface area contributed by atoms with Gasteiger partial charge in [0.05, 0.1) is 17.8 Å². The van der Waals surface area contributed by atoms with Crippen LogP contribution in [0, 0.1) is 0 Å². The fourth-order valence-electron chi connectivity index (χ4n) is 9.14. The number of hydrogen-bond acceptors (Lipinski definition) is 2. The van der Waals surface area contributed by atoms with Gasteiger partial charge in [-0.2, -0.15) is 0 Å². The summed E-state index contributed by atoms with van der Waals surface area (Å²) in [6.45, 7) is 18.3. The summed E-state index contributed by atoms with van der Waals surface area (Å²) in [6.07, 6.45) is 29.6. The second kappa shape index (κ2) is 19.2. The van der Waals surface area contributed by atoms with E-state index >= 15 is 0 Å². The highest BCUT2D eigenvalue weighted by atomic mass is 15.2. The molecule has 9 rings (SSSR count). The fourth-order valence-corrected chi connectivity index (χ4v) is 9.14. The summed E-state index contributed by atoms with van der Waals surface area (Å²) in [5, 5.41) is 1.23. The van der Waals surface area contributed by atoms with Crippen molar-refractivity contribution >= 4 is 40.7 Å². The SMILES string of the molecule is C=N/C(=N\C(=N/Cc1ccccc1)C1=CCCC=C1)c1cccc(-c2cccc3c2C2CC=CC=C2N3C(=C)CCC(=C)C(=C)CCc2cc3ccccc3n2C2=CC=CC=C=C2)c1. The average Bonchev–Trinajstić information content (AvgIpc) is 3.76. The Balaban J connectivity index is 0.935. The molecular weight excluding hydrogens is 779 g/mol. The number of allylic oxidation sites excluding steroid dienone is 14. The number of fused-ring (bicyclic) bond motifs is 4. The van der Waals surface area contributed by atoms with Gasteiger partial charge in [0.25, 0.3) is 0 Å². The normalized spacial score (nSPS) is 16.5. The van der Waals surface area contributed by atoms with E-state index < -0.39 is 0 Å². The van der Waals surface area contributed by atoms with Crippen molar-refractivity contribution in [1.29, 1.82) is 0 Å². The Morgan fingerprint density at radius 1 is 0.766 bits per heavy atom. The summed E-state index contributed by atoms with van der Waals surface area (Å²) < 4.78 is 2.34. The van der Waals surface area contributed by atoms with Crippen LogP contribution in [0.1, 0.15) is 66.8 Å². The number of nitrogens with zero attached hydrogens (tertiary/aromatic N) is 5. The lowest BCUT2D eigenvalue weighted by atomic mass is 9.86. The van der Waals surface area contributed by atoms with Gasteiger partial charge in [0.2, 0.25) is 0 Å². The Morgan fingerprint density at radius 2 is 1.61 bits per heavy atom. The van der Waals surface area contributed by atoms with Gasteiger partial charge in [0.15, 0.2) is 11.7 Å². The molecule has 5 aromatic rings. The minimum atomic E-state index is 0.207. The van der Waals surface area contributed by atoms with Crippen LogP contribution in [0.2, 0.25) is 0 Å². The van der Waals surface area contributed by atoms with Gasteiger partial charge in [-0.15, -0.1) is 5.73 Å². The van der Waals surface area contributed by atoms with Gasteiger partial charge in [0, 0.05) is 51.3 Å². The van der Waals surface area contributed by atoms with Crippen molar-refractivity contribution in [3.05, 3.63) is 246 Å². The van der Waals surface area contributed by atoms with Crippen molar-refractivity contribution in [3.8, 4) is 11.1 Å². The molecule has 1 unspecified atom stereocenters. The molecule has 0 saturated heterocycles. The van der Waals surface area contributed by atoms with E-state index in [0.717, 1.165) is 89.7 Å². The minimum Gasteiger partial charge on any atom is -0.318 e. The molecule has 1 atom stereocenters. The van der Waals surface area contributed by atoms with Gasteiger partial charge >= 0.3 is 0 Å². The molecule has 3 aliphatic carbocycles. The van der Waals surface area contributed by atoms with E-state index in [1.807, 2.05) is 36.4 Å². The van der Waals surface area contributed by atoms with Crippen LogP contribution < -0.4 is 4.90 Å². The van der Waals surface area contributed by atoms with Crippen molar-refractivity contribution in [2.24, 2.45) is 15.0 Å². The molecule has 2 heterocycles. The quantitative estimate of drug-likeness (QED) is 0.0476. The fraction of sp³-hybridized carbons (Fsp3) is 0.153. The molecule has 314 valence electrons. The van der Waals surface area contributed by atoms with Gasteiger partial charge in [-0.1, -0.05) is 152 Å². The monoisotopic (exact) mass is 831 g/mol. The van der Waals surface area contributed by atoms with E-state index in [1.54, 1.807) is 0 Å². The van der Waals surface area contributed by atoms with Gasteiger partial charge in [0.1, 0.15) is 0 Å². The maximum Gasteiger partial charge on any atom is 0.161 e. The summed E-state index contributed by atoms with van der Waals surface area (Å²) in [5.41, 5.74) is 19.1. The Labute approximate surface area is 378 Å². The molecule has 64 heavy (non-hydrogen) atoms. The van der Waals surface area contributed by atoms with Crippen LogP contribution in [0.25, 0.3) is 27.7 Å². The molecule has 0 spiro atoms. The number of amidine groups is 2. The van der Waals surface area contributed by atoms with Crippen LogP contribution in [-0.4, -0.2) is 23.0 Å². The number of aryl methyl sites for hydroxylation is 1. The number of aliphatic imine (C=N–C) groups is 3. The Morgan fingerprint density at radius 3 is 2.47 bits per heavy atom. The summed E-state index contributed by atoms with van der Waals surface area (Å²) in [7, 11) is 0. The molecule has 5 nitrogen and oxygen atoms in total. The van der Waals surface area contributed by atoms with E-state index in [1.165, 1.54) is 39.1 Å². The summed E-state index contributed by atoms with van der Waals surface area (Å²) >= 11 is 0. The van der Waals surface area contributed by atoms with E-state index in [9.17, 15) is 0 Å². The highest BCUT2D eigenvalue weighted by Gasteiger charge is 2.37. The highest BCUT2D eigenvalue weighted by molar-refractivity contribution is 6.14. The van der Waals surface area contributed by atoms with E-state index in [0.29, 0.717) is 18.2 Å². The number of hydrogen-bond donors (Lipinski definition) is 0. The smallest absolute Gasteiger partial charge is 0.161 e. The van der Waals surface area contributed by atoms with E-state index in [-0.39, 0.29) is 5.92 Å². The Bertz CT molecular complexity index is 3000. The standard InChI is InChI=1S/C59H53N5/c1-42(43(2)36-38-51-40-48-25-15-17-32-54(48)64(51)50-28-13-5-6-14-29-50)35-37-44(3)63-55-33-18-16-30-53(55)57-52(31-20-34-56(57)63)47-26-19-27-49(39-47)58(60-4)62-59(46-23-11-8-12-24-46)61-41-45-21-9-7-10-22-45/h5-7,9-11,13,15-29,31-34,39-40,53H,1-4,8,12,30,35-38,41H2/b61-59-,62-58-. The maximum atomic E-state index is 5.08. The first-order valence-corrected chi connectivity index (χ1v) is 22.3. The summed E-state index contributed by atoms with van der Waals surface area (Å²) in [4.78, 5) is 16.9. The predicted octanol–water partition coefficient (Wildman–Crippen LogP) is 14.5. The van der Waals surface area contributed by atoms with Crippen LogP contribution in [-0.2, 0) is 13.0 Å². The van der Waals surface area contributed by atoms with Crippen LogP contribution in [0.4, 0.5) is 5.69 Å². The van der Waals surface area contributed by atoms with Crippen LogP contribution in [0.5, 0.6) is 0 Å². The molecular formula is C59H53N5. The zero-order chi connectivity index (χ0) is 43.8. The molecule has 0 saturated carbocycles. The first-order valence-electron chi connectivity index (χ1n) is 22.3. The van der Waals surface area contributed by atoms with Gasteiger partial charge in [-0.05, 0) is 116 Å². The van der Waals surface area contributed by atoms with E-state index in [4.69, 9.17) is 16.6 Å². The molecule has 0 bridgehead atoms. The number of aromatic nitrogens is 1. The van der Waals surface area contributed by atoms with Gasteiger partial charge < -0.3 is 9.47 Å². The van der Waals surface area contributed by atoms with Gasteiger partial charge in [-0.25, -0.2) is 9.98 Å². The zero-order valence-corrected chi connectivity index (χ0v) is 36.5. The molecule has 4 aromatic carbocycles. The lowest BCUT2D eigenvalue weighted by Gasteiger charge is -2.26. The number of rotatable bonds is 14. The van der Waals surface area contributed by atoms with Crippen molar-refractivity contribution in [2.75, 3.05) is 4.90 Å². The second-order valence-electron chi connectivity index (χ2n) is 16.6. The molecule has 0 radical (unpaired) electrons. The molecule has 0 fully saturated rings. The number of para-hydroxylation sites is 1. The van der Waals surface area contributed by atoms with Gasteiger partial charge in [-0.3, -0.25) is 4.99 Å². The molecule has 1 aliphatic heterocycles. The largest absolute Gasteiger partial charge is 0.318 e. The summed E-state index contributed by atoms with van der Waals surface area (Å²) in [5.74, 6) is 1.42. The number of benzene rings is 4. The minimum absolute atomic E-state index is 0.207. The topological polar surface area (TPSA) is 45.2 Å². The van der Waals surface area contributed by atoms with E-state index in [2.05, 4.69) is 174 Å². The van der Waals surface area contributed by atoms with Crippen molar-refractivity contribution in [2.45, 2.75) is 57.4 Å². The third kappa shape index (κ3) is 8.85.